The topological polar surface area (TPSA) is 59.9 Å². The minimum atomic E-state index is -0.398. The Morgan fingerprint density at radius 3 is 2.55 bits per heavy atom. The van der Waals surface area contributed by atoms with Crippen molar-refractivity contribution in [2.75, 3.05) is 12.4 Å². The Morgan fingerprint density at radius 2 is 1.73 bits per heavy atom. The Hall–Kier alpha value is -4.03. The van der Waals surface area contributed by atoms with Crippen molar-refractivity contribution in [2.24, 2.45) is 0 Å². The van der Waals surface area contributed by atoms with Gasteiger partial charge in [0.25, 0.3) is 0 Å². The van der Waals surface area contributed by atoms with Crippen molar-refractivity contribution >= 4 is 34.0 Å². The Balaban J connectivity index is 1.69. The van der Waals surface area contributed by atoms with Crippen LogP contribution in [0.5, 0.6) is 5.75 Å². The first-order chi connectivity index (χ1) is 16.1. The first-order valence-electron chi connectivity index (χ1n) is 10.2. The Morgan fingerprint density at radius 1 is 0.879 bits per heavy atom. The van der Waals surface area contributed by atoms with Crippen molar-refractivity contribution in [1.29, 1.82) is 0 Å². The predicted octanol–water partition coefficient (Wildman–Crippen LogP) is 6.90. The van der Waals surface area contributed by atoms with Crippen LogP contribution in [0.15, 0.2) is 85.2 Å². The highest BCUT2D eigenvalue weighted by atomic mass is 35.5. The number of nitrogens with one attached hydrogen (secondary N) is 1. The number of fused-ring (bicyclic) bond motifs is 1. The molecule has 0 saturated heterocycles. The van der Waals surface area contributed by atoms with E-state index in [0.717, 1.165) is 33.3 Å². The van der Waals surface area contributed by atoms with Gasteiger partial charge in [-0.3, -0.25) is 4.98 Å². The van der Waals surface area contributed by atoms with Crippen LogP contribution in [0.1, 0.15) is 0 Å². The van der Waals surface area contributed by atoms with Gasteiger partial charge in [-0.2, -0.15) is 0 Å². The van der Waals surface area contributed by atoms with Crippen molar-refractivity contribution in [3.63, 3.8) is 0 Å². The smallest absolute Gasteiger partial charge is 0.163 e. The fourth-order valence-corrected chi connectivity index (χ4v) is 3.72. The third-order valence-corrected chi connectivity index (χ3v) is 5.53. The van der Waals surface area contributed by atoms with E-state index in [1.54, 1.807) is 19.5 Å². The predicted molar refractivity (Wildman–Crippen MR) is 129 cm³/mol. The maximum atomic E-state index is 13.9. The van der Waals surface area contributed by atoms with Crippen molar-refractivity contribution in [3.8, 4) is 28.3 Å². The van der Waals surface area contributed by atoms with Gasteiger partial charge in [0.05, 0.1) is 23.3 Å². The first kappa shape index (κ1) is 20.8. The van der Waals surface area contributed by atoms with E-state index < -0.39 is 5.82 Å². The van der Waals surface area contributed by atoms with Gasteiger partial charge in [0, 0.05) is 23.3 Å². The monoisotopic (exact) mass is 456 g/mol. The molecule has 5 aromatic rings. The molecule has 5 rings (SSSR count). The van der Waals surface area contributed by atoms with E-state index in [1.165, 1.54) is 18.2 Å². The van der Waals surface area contributed by atoms with Crippen molar-refractivity contribution in [3.05, 3.63) is 96.0 Å². The lowest BCUT2D eigenvalue weighted by Crippen LogP contribution is -2.00. The van der Waals surface area contributed by atoms with Crippen molar-refractivity contribution < 1.29 is 9.13 Å². The number of hydrogen-bond donors (Lipinski definition) is 1. The second-order valence-electron chi connectivity index (χ2n) is 7.35. The summed E-state index contributed by atoms with van der Waals surface area (Å²) in [6, 6.07) is 21.6. The third-order valence-electron chi connectivity index (χ3n) is 5.20. The average Bonchev–Trinajstić information content (AvgIpc) is 2.86. The molecule has 5 nitrogen and oxygen atoms in total. The molecule has 0 spiro atoms. The van der Waals surface area contributed by atoms with Gasteiger partial charge in [0.2, 0.25) is 0 Å². The summed E-state index contributed by atoms with van der Waals surface area (Å²) in [7, 11) is 1.64. The van der Waals surface area contributed by atoms with Gasteiger partial charge in [-0.15, -0.1) is 0 Å². The molecule has 0 atom stereocenters. The molecule has 2 aromatic heterocycles. The van der Waals surface area contributed by atoms with Crippen LogP contribution in [0.25, 0.3) is 33.4 Å². The molecule has 162 valence electrons. The van der Waals surface area contributed by atoms with Crippen LogP contribution >= 0.6 is 11.6 Å². The molecule has 3 aromatic carbocycles. The molecular formula is C26H18ClFN4O. The average molecular weight is 457 g/mol. The highest BCUT2D eigenvalue weighted by Crippen LogP contribution is 2.34. The fourth-order valence-electron chi connectivity index (χ4n) is 3.55. The molecule has 7 heteroatoms. The minimum Gasteiger partial charge on any atom is -0.497 e. The summed E-state index contributed by atoms with van der Waals surface area (Å²) in [5, 5.41) is 4.35. The highest BCUT2D eigenvalue weighted by molar-refractivity contribution is 6.33. The minimum absolute atomic E-state index is 0.384. The molecule has 2 heterocycles. The number of ether oxygens (including phenoxy) is 1. The molecule has 0 aliphatic rings. The molecule has 0 radical (unpaired) electrons. The molecule has 0 aliphatic carbocycles. The summed E-state index contributed by atoms with van der Waals surface area (Å²) in [4.78, 5) is 13.6. The standard InChI is InChI=1S/C26H18ClFN4O/c1-33-20-6-2-4-16(12-20)17-7-10-23-21(13-17)26(31-24-14-19(28)8-9-22(24)27)32-25(30-23)18-5-3-11-29-15-18/h2-15H,1H3,(H,30,31,32). The summed E-state index contributed by atoms with van der Waals surface area (Å²) in [6.07, 6.45) is 3.39. The third kappa shape index (κ3) is 4.33. The van der Waals surface area contributed by atoms with Crippen LogP contribution in [0.2, 0.25) is 5.02 Å². The molecule has 0 fully saturated rings. The molecule has 0 aliphatic heterocycles. The van der Waals surface area contributed by atoms with Gasteiger partial charge in [-0.1, -0.05) is 29.8 Å². The van der Waals surface area contributed by atoms with Crippen molar-refractivity contribution in [1.82, 2.24) is 15.0 Å². The zero-order chi connectivity index (χ0) is 22.8. The lowest BCUT2D eigenvalue weighted by molar-refractivity contribution is 0.415. The lowest BCUT2D eigenvalue weighted by atomic mass is 10.0. The van der Waals surface area contributed by atoms with E-state index in [-0.39, 0.29) is 0 Å². The largest absolute Gasteiger partial charge is 0.497 e. The maximum absolute atomic E-state index is 13.9. The number of nitrogens with zero attached hydrogens (tertiary/aromatic N) is 3. The molecule has 0 amide bonds. The second-order valence-corrected chi connectivity index (χ2v) is 7.76. The zero-order valence-corrected chi connectivity index (χ0v) is 18.3. The number of methoxy groups -OCH3 is 1. The van der Waals surface area contributed by atoms with E-state index in [4.69, 9.17) is 26.3 Å². The molecule has 0 bridgehead atoms. The van der Waals surface area contributed by atoms with E-state index in [1.807, 2.05) is 54.6 Å². The van der Waals surface area contributed by atoms with Crippen LogP contribution in [-0.4, -0.2) is 22.1 Å². The Labute approximate surface area is 194 Å². The molecule has 33 heavy (non-hydrogen) atoms. The molecular weight excluding hydrogens is 439 g/mol. The van der Waals surface area contributed by atoms with Crippen LogP contribution in [0, 0.1) is 5.82 Å². The number of rotatable bonds is 5. The van der Waals surface area contributed by atoms with Gasteiger partial charge in [0.15, 0.2) is 5.82 Å². The quantitative estimate of drug-likeness (QED) is 0.311. The number of anilines is 2. The summed E-state index contributed by atoms with van der Waals surface area (Å²) in [5.41, 5.74) is 3.87. The second kappa shape index (κ2) is 8.84. The summed E-state index contributed by atoms with van der Waals surface area (Å²) in [6.45, 7) is 0. The number of hydrogen-bond acceptors (Lipinski definition) is 5. The Kier molecular flexibility index (Phi) is 5.59. The van der Waals surface area contributed by atoms with Gasteiger partial charge in [0.1, 0.15) is 17.4 Å². The summed E-state index contributed by atoms with van der Waals surface area (Å²) in [5.74, 6) is 1.38. The first-order valence-corrected chi connectivity index (χ1v) is 10.6. The lowest BCUT2D eigenvalue weighted by Gasteiger charge is -2.13. The summed E-state index contributed by atoms with van der Waals surface area (Å²) >= 11 is 6.32. The number of pyridine rings is 1. The molecule has 0 saturated carbocycles. The van der Waals surface area contributed by atoms with Crippen LogP contribution in [0.3, 0.4) is 0 Å². The molecule has 0 unspecified atom stereocenters. The van der Waals surface area contributed by atoms with Crippen LogP contribution in [-0.2, 0) is 0 Å². The van der Waals surface area contributed by atoms with Crippen LogP contribution in [0.4, 0.5) is 15.9 Å². The normalized spacial score (nSPS) is 10.9. The van der Waals surface area contributed by atoms with E-state index >= 15 is 0 Å². The van der Waals surface area contributed by atoms with E-state index in [9.17, 15) is 4.39 Å². The fraction of sp³-hybridized carbons (Fsp3) is 0.0385. The highest BCUT2D eigenvalue weighted by Gasteiger charge is 2.13. The van der Waals surface area contributed by atoms with Crippen molar-refractivity contribution in [2.45, 2.75) is 0 Å². The van der Waals surface area contributed by atoms with Gasteiger partial charge in [-0.05, 0) is 65.7 Å². The molecule has 1 N–H and O–H groups in total. The van der Waals surface area contributed by atoms with Gasteiger partial charge < -0.3 is 10.1 Å². The van der Waals surface area contributed by atoms with Gasteiger partial charge >= 0.3 is 0 Å². The van der Waals surface area contributed by atoms with Crippen LogP contribution < -0.4 is 10.1 Å². The Bertz CT molecular complexity index is 1460. The van der Waals surface area contributed by atoms with E-state index in [2.05, 4.69) is 10.3 Å². The number of aromatic nitrogens is 3. The maximum Gasteiger partial charge on any atom is 0.163 e. The SMILES string of the molecule is COc1cccc(-c2ccc3nc(-c4cccnc4)nc(Nc4cc(F)ccc4Cl)c3c2)c1. The van der Waals surface area contributed by atoms with E-state index in [0.29, 0.717) is 22.4 Å². The van der Waals surface area contributed by atoms with Gasteiger partial charge in [-0.25, -0.2) is 14.4 Å². The number of benzene rings is 3. The summed E-state index contributed by atoms with van der Waals surface area (Å²) < 4.78 is 19.3. The zero-order valence-electron chi connectivity index (χ0n) is 17.6. The number of halogens is 2.